The average molecular weight is 300 g/mol. The van der Waals surface area contributed by atoms with Gasteiger partial charge in [0.05, 0.1) is 0 Å². The Morgan fingerprint density at radius 2 is 2.06 bits per heavy atom. The molecule has 0 spiro atoms. The largest absolute Gasteiger partial charge is 0.303 e. The van der Waals surface area contributed by atoms with Crippen molar-refractivity contribution in [2.24, 2.45) is 5.92 Å². The van der Waals surface area contributed by atoms with Crippen molar-refractivity contribution in [1.29, 1.82) is 0 Å². The van der Waals surface area contributed by atoms with Crippen LogP contribution in [0, 0.1) is 11.7 Å². The lowest BCUT2D eigenvalue weighted by molar-refractivity contribution is 0.194. The molecule has 1 aliphatic rings. The molecule has 0 bridgehead atoms. The van der Waals surface area contributed by atoms with Crippen molar-refractivity contribution in [2.75, 3.05) is 19.6 Å². The number of hydrogen-bond acceptors (Lipinski definition) is 1. The minimum absolute atomic E-state index is 0.0847. The number of likely N-dealkylation sites (tertiary alicyclic amines) is 1. The molecule has 0 unspecified atom stereocenters. The zero-order chi connectivity index (χ0) is 12.3. The smallest absolute Gasteiger partial charge is 0.126 e. The number of piperidine rings is 1. The van der Waals surface area contributed by atoms with Gasteiger partial charge in [-0.2, -0.15) is 0 Å². The standard InChI is InChI=1S/C14H19BrFN/c1-11-4-7-17(8-5-11)9-6-12-10-13(15)2-3-14(12)16/h2-3,10-11H,4-9H2,1H3. The van der Waals surface area contributed by atoms with Gasteiger partial charge < -0.3 is 4.90 Å². The van der Waals surface area contributed by atoms with Crippen molar-refractivity contribution >= 4 is 15.9 Å². The molecule has 1 saturated heterocycles. The lowest BCUT2D eigenvalue weighted by Crippen LogP contribution is -2.34. The Hall–Kier alpha value is -0.410. The summed E-state index contributed by atoms with van der Waals surface area (Å²) in [6.45, 7) is 5.61. The van der Waals surface area contributed by atoms with Gasteiger partial charge in [0.1, 0.15) is 5.82 Å². The molecule has 0 atom stereocenters. The van der Waals surface area contributed by atoms with Gasteiger partial charge in [0.25, 0.3) is 0 Å². The van der Waals surface area contributed by atoms with Crippen LogP contribution >= 0.6 is 15.9 Å². The number of benzene rings is 1. The van der Waals surface area contributed by atoms with E-state index in [0.717, 1.165) is 42.0 Å². The Kier molecular flexibility index (Phi) is 4.57. The van der Waals surface area contributed by atoms with Crippen molar-refractivity contribution in [3.63, 3.8) is 0 Å². The fraction of sp³-hybridized carbons (Fsp3) is 0.571. The van der Waals surface area contributed by atoms with E-state index in [4.69, 9.17) is 0 Å². The number of nitrogens with zero attached hydrogens (tertiary/aromatic N) is 1. The average Bonchev–Trinajstić information content (AvgIpc) is 2.32. The quantitative estimate of drug-likeness (QED) is 0.819. The third kappa shape index (κ3) is 3.78. The first-order valence-corrected chi connectivity index (χ1v) is 7.11. The predicted octanol–water partition coefficient (Wildman–Crippen LogP) is 3.86. The van der Waals surface area contributed by atoms with Crippen LogP contribution in [0.15, 0.2) is 22.7 Å². The van der Waals surface area contributed by atoms with Gasteiger partial charge >= 0.3 is 0 Å². The first-order chi connectivity index (χ1) is 8.15. The molecule has 94 valence electrons. The van der Waals surface area contributed by atoms with Gasteiger partial charge in [-0.15, -0.1) is 0 Å². The van der Waals surface area contributed by atoms with Gasteiger partial charge in [0.2, 0.25) is 0 Å². The second kappa shape index (κ2) is 5.96. The van der Waals surface area contributed by atoms with E-state index < -0.39 is 0 Å². The van der Waals surface area contributed by atoms with Crippen LogP contribution in [0.5, 0.6) is 0 Å². The highest BCUT2D eigenvalue weighted by Gasteiger charge is 2.15. The molecule has 0 aliphatic carbocycles. The molecule has 17 heavy (non-hydrogen) atoms. The van der Waals surface area contributed by atoms with E-state index in [1.165, 1.54) is 18.9 Å². The summed E-state index contributed by atoms with van der Waals surface area (Å²) in [6.07, 6.45) is 3.36. The molecule has 1 aromatic carbocycles. The molecular formula is C14H19BrFN. The van der Waals surface area contributed by atoms with Gasteiger partial charge in [-0.25, -0.2) is 4.39 Å². The SMILES string of the molecule is CC1CCN(CCc2cc(Br)ccc2F)CC1. The monoisotopic (exact) mass is 299 g/mol. The first kappa shape index (κ1) is 13.0. The van der Waals surface area contributed by atoms with Crippen molar-refractivity contribution < 1.29 is 4.39 Å². The summed E-state index contributed by atoms with van der Waals surface area (Å²) in [4.78, 5) is 2.44. The van der Waals surface area contributed by atoms with Crippen LogP contribution in [0.25, 0.3) is 0 Å². The highest BCUT2D eigenvalue weighted by molar-refractivity contribution is 9.10. The van der Waals surface area contributed by atoms with Crippen LogP contribution in [0.3, 0.4) is 0 Å². The summed E-state index contributed by atoms with van der Waals surface area (Å²) in [5.74, 6) is 0.771. The minimum atomic E-state index is -0.0847. The summed E-state index contributed by atoms with van der Waals surface area (Å²) >= 11 is 3.39. The van der Waals surface area contributed by atoms with Crippen LogP contribution in [-0.4, -0.2) is 24.5 Å². The van der Waals surface area contributed by atoms with Crippen molar-refractivity contribution in [3.05, 3.63) is 34.1 Å². The topological polar surface area (TPSA) is 3.24 Å². The third-order valence-corrected chi connectivity index (χ3v) is 4.07. The molecule has 1 nitrogen and oxygen atoms in total. The molecule has 2 rings (SSSR count). The Morgan fingerprint density at radius 1 is 1.35 bits per heavy atom. The molecule has 1 aliphatic heterocycles. The molecule has 0 N–H and O–H groups in total. The van der Waals surface area contributed by atoms with Gasteiger partial charge in [0, 0.05) is 11.0 Å². The highest BCUT2D eigenvalue weighted by Crippen LogP contribution is 2.19. The normalized spacial score (nSPS) is 18.5. The number of rotatable bonds is 3. The molecule has 0 aromatic heterocycles. The summed E-state index contributed by atoms with van der Waals surface area (Å²) in [5.41, 5.74) is 0.818. The molecule has 0 amide bonds. The van der Waals surface area contributed by atoms with E-state index in [9.17, 15) is 4.39 Å². The zero-order valence-corrected chi connectivity index (χ0v) is 11.8. The van der Waals surface area contributed by atoms with E-state index >= 15 is 0 Å². The molecule has 1 heterocycles. The first-order valence-electron chi connectivity index (χ1n) is 6.31. The van der Waals surface area contributed by atoms with Gasteiger partial charge in [0.15, 0.2) is 0 Å². The molecule has 0 saturated carbocycles. The maximum Gasteiger partial charge on any atom is 0.126 e. The lowest BCUT2D eigenvalue weighted by atomic mass is 9.99. The molecular weight excluding hydrogens is 281 g/mol. The fourth-order valence-electron chi connectivity index (χ4n) is 2.30. The maximum atomic E-state index is 13.5. The predicted molar refractivity (Wildman–Crippen MR) is 72.6 cm³/mol. The minimum Gasteiger partial charge on any atom is -0.303 e. The summed E-state index contributed by atoms with van der Waals surface area (Å²) in [7, 11) is 0. The maximum absolute atomic E-state index is 13.5. The Labute approximate surface area is 111 Å². The van der Waals surface area contributed by atoms with E-state index in [1.54, 1.807) is 6.07 Å². The van der Waals surface area contributed by atoms with Crippen LogP contribution in [-0.2, 0) is 6.42 Å². The Morgan fingerprint density at radius 3 is 2.76 bits per heavy atom. The Balaban J connectivity index is 1.87. The van der Waals surface area contributed by atoms with Gasteiger partial charge in [-0.1, -0.05) is 22.9 Å². The van der Waals surface area contributed by atoms with Gasteiger partial charge in [-0.05, 0) is 62.0 Å². The molecule has 0 radical (unpaired) electrons. The van der Waals surface area contributed by atoms with Crippen LogP contribution in [0.4, 0.5) is 4.39 Å². The van der Waals surface area contributed by atoms with Crippen molar-refractivity contribution in [2.45, 2.75) is 26.2 Å². The molecule has 1 aromatic rings. The van der Waals surface area contributed by atoms with E-state index in [2.05, 4.69) is 27.8 Å². The van der Waals surface area contributed by atoms with Crippen LogP contribution in [0.1, 0.15) is 25.3 Å². The summed E-state index contributed by atoms with van der Waals surface area (Å²) in [6, 6.07) is 5.18. The van der Waals surface area contributed by atoms with Gasteiger partial charge in [-0.3, -0.25) is 0 Å². The molecule has 3 heteroatoms. The van der Waals surface area contributed by atoms with E-state index in [-0.39, 0.29) is 5.82 Å². The lowest BCUT2D eigenvalue weighted by Gasteiger charge is -2.30. The fourth-order valence-corrected chi connectivity index (χ4v) is 2.71. The van der Waals surface area contributed by atoms with Crippen LogP contribution in [0.2, 0.25) is 0 Å². The van der Waals surface area contributed by atoms with E-state index in [0.29, 0.717) is 0 Å². The third-order valence-electron chi connectivity index (χ3n) is 3.58. The summed E-state index contributed by atoms with van der Waals surface area (Å²) < 4.78 is 14.5. The highest BCUT2D eigenvalue weighted by atomic mass is 79.9. The Bertz CT molecular complexity index is 372. The second-order valence-electron chi connectivity index (χ2n) is 5.01. The van der Waals surface area contributed by atoms with E-state index in [1.807, 2.05) is 6.07 Å². The zero-order valence-electron chi connectivity index (χ0n) is 10.3. The number of hydrogen-bond donors (Lipinski definition) is 0. The summed E-state index contributed by atoms with van der Waals surface area (Å²) in [5, 5.41) is 0. The van der Waals surface area contributed by atoms with Crippen molar-refractivity contribution in [3.8, 4) is 0 Å². The van der Waals surface area contributed by atoms with Crippen molar-refractivity contribution in [1.82, 2.24) is 4.90 Å². The number of halogens is 2. The molecule has 1 fully saturated rings. The second-order valence-corrected chi connectivity index (χ2v) is 5.93. The van der Waals surface area contributed by atoms with Crippen LogP contribution < -0.4 is 0 Å².